The summed E-state index contributed by atoms with van der Waals surface area (Å²) in [5.74, 6) is -1.42. The first kappa shape index (κ1) is 26.3. The molecule has 1 amide bonds. The molecule has 0 spiro atoms. The van der Waals surface area contributed by atoms with E-state index in [9.17, 15) is 22.4 Å². The Morgan fingerprint density at radius 3 is 2.74 bits per heavy atom. The van der Waals surface area contributed by atoms with Gasteiger partial charge in [0.25, 0.3) is 6.43 Å². The normalized spacial score (nSPS) is 18.1. The van der Waals surface area contributed by atoms with Crippen molar-refractivity contribution >= 4 is 16.9 Å². The summed E-state index contributed by atoms with van der Waals surface area (Å²) in [7, 11) is 0. The largest absolute Gasteiger partial charge is 0.346 e. The topological polar surface area (TPSA) is 101 Å². The van der Waals surface area contributed by atoms with Crippen molar-refractivity contribution < 1.29 is 22.4 Å². The fourth-order valence-corrected chi connectivity index (χ4v) is 6.21. The number of benzene rings is 1. The Morgan fingerprint density at radius 2 is 1.93 bits per heavy atom. The van der Waals surface area contributed by atoms with Crippen LogP contribution in [0.2, 0.25) is 0 Å². The fraction of sp³-hybridized carbons (Fsp3) is 0.300. The molecule has 5 aromatic rings. The van der Waals surface area contributed by atoms with Crippen molar-refractivity contribution in [3.05, 3.63) is 95.1 Å². The van der Waals surface area contributed by atoms with Crippen LogP contribution in [0.4, 0.5) is 17.6 Å². The molecular formula is C30H25F4N7O. The number of nitrogens with one attached hydrogen (secondary N) is 2. The molecule has 7 rings (SSSR count). The quantitative estimate of drug-likeness (QED) is 0.235. The number of nitrogens with zero attached hydrogens (tertiary/aromatic N) is 5. The average molecular weight is 576 g/mol. The van der Waals surface area contributed by atoms with Crippen molar-refractivity contribution in [1.29, 1.82) is 0 Å². The number of aromatic nitrogens is 6. The molecule has 4 aromatic heterocycles. The van der Waals surface area contributed by atoms with Crippen LogP contribution in [0.3, 0.4) is 0 Å². The zero-order valence-corrected chi connectivity index (χ0v) is 22.2. The van der Waals surface area contributed by atoms with Crippen molar-refractivity contribution in [3.63, 3.8) is 0 Å². The van der Waals surface area contributed by atoms with Crippen molar-refractivity contribution in [2.75, 3.05) is 0 Å². The van der Waals surface area contributed by atoms with E-state index in [4.69, 9.17) is 0 Å². The van der Waals surface area contributed by atoms with Gasteiger partial charge in [-0.05, 0) is 61.4 Å². The van der Waals surface area contributed by atoms with E-state index in [0.29, 0.717) is 51.6 Å². The van der Waals surface area contributed by atoms with E-state index >= 15 is 0 Å². The Bertz CT molecular complexity index is 1800. The highest BCUT2D eigenvalue weighted by atomic mass is 19.3. The second kappa shape index (κ2) is 10.3. The molecule has 8 nitrogen and oxygen atoms in total. The molecule has 12 heteroatoms. The summed E-state index contributed by atoms with van der Waals surface area (Å²) in [6.07, 6.45) is 5.89. The fourth-order valence-electron chi connectivity index (χ4n) is 6.21. The first-order valence-corrected chi connectivity index (χ1v) is 13.7. The van der Waals surface area contributed by atoms with Gasteiger partial charge in [-0.15, -0.1) is 0 Å². The number of pyridine rings is 1. The molecule has 4 heterocycles. The minimum Gasteiger partial charge on any atom is -0.346 e. The van der Waals surface area contributed by atoms with Gasteiger partial charge in [0, 0.05) is 58.3 Å². The molecule has 3 atom stereocenters. The van der Waals surface area contributed by atoms with Crippen LogP contribution in [0.1, 0.15) is 59.4 Å². The van der Waals surface area contributed by atoms with Gasteiger partial charge in [-0.2, -0.15) is 5.10 Å². The summed E-state index contributed by atoms with van der Waals surface area (Å²) >= 11 is 0. The van der Waals surface area contributed by atoms with Crippen LogP contribution in [0.15, 0.2) is 55.2 Å². The molecule has 214 valence electrons. The predicted molar refractivity (Wildman–Crippen MR) is 144 cm³/mol. The predicted octanol–water partition coefficient (Wildman–Crippen LogP) is 5.58. The minimum atomic E-state index is -2.73. The zero-order chi connectivity index (χ0) is 29.0. The SMILES string of the molecule is O=C(Cn1nc(C(F)F)c2c1C1C[C@H]1CC2)N[C@@H](Cc1cc(F)cc(F)c1)c1ncncc1-c1cnc2[nH]ccc2c1. The van der Waals surface area contributed by atoms with Gasteiger partial charge in [0.2, 0.25) is 5.91 Å². The first-order chi connectivity index (χ1) is 20.3. The molecule has 0 saturated heterocycles. The molecule has 42 heavy (non-hydrogen) atoms. The molecule has 1 fully saturated rings. The minimum absolute atomic E-state index is 0.00839. The van der Waals surface area contributed by atoms with Crippen LogP contribution in [0.5, 0.6) is 0 Å². The van der Waals surface area contributed by atoms with Gasteiger partial charge in [-0.25, -0.2) is 32.5 Å². The first-order valence-electron chi connectivity index (χ1n) is 13.7. The van der Waals surface area contributed by atoms with Gasteiger partial charge < -0.3 is 10.3 Å². The molecule has 0 aliphatic heterocycles. The Balaban J connectivity index is 1.24. The summed E-state index contributed by atoms with van der Waals surface area (Å²) in [4.78, 5) is 29.6. The van der Waals surface area contributed by atoms with E-state index < -0.39 is 30.0 Å². The van der Waals surface area contributed by atoms with E-state index in [2.05, 4.69) is 30.4 Å². The Hall–Kier alpha value is -4.61. The average Bonchev–Trinajstić information content (AvgIpc) is 3.43. The number of carbonyl (C=O) groups excluding carboxylic acids is 1. The van der Waals surface area contributed by atoms with Gasteiger partial charge in [-0.3, -0.25) is 9.48 Å². The van der Waals surface area contributed by atoms with E-state index in [1.54, 1.807) is 18.6 Å². The van der Waals surface area contributed by atoms with Gasteiger partial charge in [0.1, 0.15) is 35.8 Å². The molecule has 0 radical (unpaired) electrons. The number of aromatic amines is 1. The molecule has 2 aliphatic rings. The number of carbonyl (C=O) groups is 1. The maximum Gasteiger partial charge on any atom is 0.282 e. The summed E-state index contributed by atoms with van der Waals surface area (Å²) in [5, 5.41) is 7.94. The highest BCUT2D eigenvalue weighted by molar-refractivity contribution is 5.82. The second-order valence-electron chi connectivity index (χ2n) is 10.9. The molecule has 1 unspecified atom stereocenters. The van der Waals surface area contributed by atoms with Crippen LogP contribution in [-0.2, 0) is 24.2 Å². The van der Waals surface area contributed by atoms with Gasteiger partial charge in [-0.1, -0.05) is 0 Å². The Morgan fingerprint density at radius 1 is 1.10 bits per heavy atom. The Kier molecular flexibility index (Phi) is 6.47. The second-order valence-corrected chi connectivity index (χ2v) is 10.9. The monoisotopic (exact) mass is 575 g/mol. The smallest absolute Gasteiger partial charge is 0.282 e. The van der Waals surface area contributed by atoms with Crippen molar-refractivity contribution in [3.8, 4) is 11.1 Å². The molecule has 0 bridgehead atoms. The molecular weight excluding hydrogens is 550 g/mol. The number of amides is 1. The summed E-state index contributed by atoms with van der Waals surface area (Å²) in [5.41, 5.74) is 3.68. The molecule has 1 saturated carbocycles. The summed E-state index contributed by atoms with van der Waals surface area (Å²) in [6, 6.07) is 6.10. The lowest BCUT2D eigenvalue weighted by Gasteiger charge is -2.22. The standard InChI is InChI=1S/C30H25F4N7O/c31-19-5-15(6-20(32)10-19)7-24(26-23(12-35-14-38-26)18-8-17-3-4-36-30(17)37-11-18)39-25(42)13-41-28-21(27(40-41)29(33)34)2-1-16-9-22(16)28/h3-6,8,10-12,14,16,22,24,29H,1-2,7,9,13H2,(H,36,37)(H,39,42)/t16-,22?,24+/m1/s1. The van der Waals surface area contributed by atoms with Crippen LogP contribution in [0, 0.1) is 17.6 Å². The zero-order valence-electron chi connectivity index (χ0n) is 22.2. The third-order valence-electron chi connectivity index (χ3n) is 8.15. The van der Waals surface area contributed by atoms with E-state index in [0.717, 1.165) is 24.3 Å². The molecule has 2 aliphatic carbocycles. The van der Waals surface area contributed by atoms with Gasteiger partial charge >= 0.3 is 0 Å². The number of halogens is 4. The number of H-pyrrole nitrogens is 1. The van der Waals surface area contributed by atoms with Crippen LogP contribution in [-0.4, -0.2) is 35.6 Å². The molecule has 1 aromatic carbocycles. The lowest BCUT2D eigenvalue weighted by atomic mass is 9.95. The lowest BCUT2D eigenvalue weighted by Crippen LogP contribution is -2.34. The number of hydrogen-bond donors (Lipinski definition) is 2. The maximum absolute atomic E-state index is 14.1. The number of fused-ring (bicyclic) bond motifs is 4. The summed E-state index contributed by atoms with van der Waals surface area (Å²) < 4.78 is 57.3. The van der Waals surface area contributed by atoms with Crippen LogP contribution in [0.25, 0.3) is 22.2 Å². The highest BCUT2D eigenvalue weighted by Gasteiger charge is 2.46. The van der Waals surface area contributed by atoms with Gasteiger partial charge in [0.05, 0.1) is 11.7 Å². The third kappa shape index (κ3) is 4.90. The van der Waals surface area contributed by atoms with Crippen molar-refractivity contribution in [2.24, 2.45) is 5.92 Å². The van der Waals surface area contributed by atoms with Crippen molar-refractivity contribution in [2.45, 2.75) is 50.6 Å². The van der Waals surface area contributed by atoms with Crippen LogP contribution >= 0.6 is 0 Å². The number of rotatable bonds is 8. The molecule has 2 N–H and O–H groups in total. The van der Waals surface area contributed by atoms with E-state index in [1.807, 2.05) is 12.1 Å². The van der Waals surface area contributed by atoms with E-state index in [1.165, 1.54) is 23.1 Å². The van der Waals surface area contributed by atoms with E-state index in [-0.39, 0.29) is 24.6 Å². The number of alkyl halides is 2. The Labute approximate surface area is 237 Å². The third-order valence-corrected chi connectivity index (χ3v) is 8.15. The lowest BCUT2D eigenvalue weighted by molar-refractivity contribution is -0.122. The van der Waals surface area contributed by atoms with Gasteiger partial charge in [0.15, 0.2) is 0 Å². The van der Waals surface area contributed by atoms with Crippen LogP contribution < -0.4 is 5.32 Å². The number of hydrogen-bond acceptors (Lipinski definition) is 5. The summed E-state index contributed by atoms with van der Waals surface area (Å²) in [6.45, 7) is -0.274. The highest BCUT2D eigenvalue weighted by Crippen LogP contribution is 2.55. The maximum atomic E-state index is 14.1. The van der Waals surface area contributed by atoms with Crippen molar-refractivity contribution in [1.82, 2.24) is 35.0 Å².